The molecule has 2 rings (SSSR count). The number of aryl methyl sites for hydroxylation is 1. The third-order valence-electron chi connectivity index (χ3n) is 3.86. The minimum absolute atomic E-state index is 0.0611. The van der Waals surface area contributed by atoms with Crippen molar-refractivity contribution in [2.24, 2.45) is 0 Å². The molecule has 1 aromatic carbocycles. The highest BCUT2D eigenvalue weighted by Crippen LogP contribution is 2.23. The van der Waals surface area contributed by atoms with Crippen LogP contribution in [0.4, 0.5) is 0 Å². The molecular weight excluding hydrogens is 258 g/mol. The molecule has 0 N–H and O–H groups in total. The second kappa shape index (κ2) is 5.08. The average molecular weight is 279 g/mol. The van der Waals surface area contributed by atoms with E-state index in [0.29, 0.717) is 18.8 Å². The standard InChI is InChI=1S/C15H21NO2S/c1-11-6-5-7-13(12(11)2)14(17)16-8-9-19(18)15(3,4)10-16/h5-7H,8-10H2,1-4H3. The summed E-state index contributed by atoms with van der Waals surface area (Å²) in [6.07, 6.45) is 0. The molecule has 19 heavy (non-hydrogen) atoms. The molecule has 1 aliphatic heterocycles. The third-order valence-corrected chi connectivity index (χ3v) is 5.77. The largest absolute Gasteiger partial charge is 0.336 e. The summed E-state index contributed by atoms with van der Waals surface area (Å²) in [5, 5.41) is 0. The lowest BCUT2D eigenvalue weighted by molar-refractivity contribution is 0.0745. The summed E-state index contributed by atoms with van der Waals surface area (Å²) in [6.45, 7) is 9.07. The maximum atomic E-state index is 12.6. The summed E-state index contributed by atoms with van der Waals surface area (Å²) < 4.78 is 11.6. The minimum Gasteiger partial charge on any atom is -0.336 e. The molecule has 1 aromatic rings. The van der Waals surface area contributed by atoms with Crippen LogP contribution in [-0.2, 0) is 10.8 Å². The zero-order chi connectivity index (χ0) is 14.2. The van der Waals surface area contributed by atoms with E-state index in [0.717, 1.165) is 16.7 Å². The molecule has 1 aliphatic rings. The first-order valence-corrected chi connectivity index (χ1v) is 7.89. The number of hydrogen-bond acceptors (Lipinski definition) is 2. The van der Waals surface area contributed by atoms with E-state index in [1.807, 2.05) is 50.8 Å². The van der Waals surface area contributed by atoms with Crippen molar-refractivity contribution in [2.75, 3.05) is 18.8 Å². The van der Waals surface area contributed by atoms with Gasteiger partial charge < -0.3 is 4.90 Å². The SMILES string of the molecule is Cc1cccc(C(=O)N2CCS(=O)C(C)(C)C2)c1C. The molecule has 1 amide bonds. The molecule has 1 fully saturated rings. The number of carbonyl (C=O) groups excluding carboxylic acids is 1. The van der Waals surface area contributed by atoms with E-state index in [4.69, 9.17) is 0 Å². The molecular formula is C15H21NO2S. The Labute approximate surface area is 117 Å². The van der Waals surface area contributed by atoms with Gasteiger partial charge in [0.1, 0.15) is 0 Å². The second-order valence-electron chi connectivity index (χ2n) is 5.78. The molecule has 0 saturated carbocycles. The van der Waals surface area contributed by atoms with Crippen LogP contribution in [0.15, 0.2) is 18.2 Å². The van der Waals surface area contributed by atoms with E-state index in [2.05, 4.69) is 0 Å². The molecule has 0 radical (unpaired) electrons. The van der Waals surface area contributed by atoms with Crippen molar-refractivity contribution >= 4 is 16.7 Å². The van der Waals surface area contributed by atoms with Gasteiger partial charge in [-0.25, -0.2) is 0 Å². The smallest absolute Gasteiger partial charge is 0.254 e. The van der Waals surface area contributed by atoms with Gasteiger partial charge in [-0.2, -0.15) is 0 Å². The summed E-state index contributed by atoms with van der Waals surface area (Å²) >= 11 is 0. The van der Waals surface area contributed by atoms with E-state index in [9.17, 15) is 9.00 Å². The monoisotopic (exact) mass is 279 g/mol. The summed E-state index contributed by atoms with van der Waals surface area (Å²) in [7, 11) is -0.848. The Balaban J connectivity index is 2.26. The fourth-order valence-electron chi connectivity index (χ4n) is 2.41. The average Bonchev–Trinajstić information content (AvgIpc) is 2.35. The molecule has 1 unspecified atom stereocenters. The molecule has 0 spiro atoms. The number of benzene rings is 1. The van der Waals surface area contributed by atoms with Crippen molar-refractivity contribution in [3.8, 4) is 0 Å². The van der Waals surface area contributed by atoms with E-state index >= 15 is 0 Å². The Morgan fingerprint density at radius 2 is 2.00 bits per heavy atom. The van der Waals surface area contributed by atoms with E-state index in [-0.39, 0.29) is 10.7 Å². The fourth-order valence-corrected chi connectivity index (χ4v) is 3.65. The van der Waals surface area contributed by atoms with Crippen molar-refractivity contribution in [3.05, 3.63) is 34.9 Å². The summed E-state index contributed by atoms with van der Waals surface area (Å²) in [5.74, 6) is 0.634. The lowest BCUT2D eigenvalue weighted by Gasteiger charge is -2.37. The van der Waals surface area contributed by atoms with Gasteiger partial charge in [-0.1, -0.05) is 12.1 Å². The van der Waals surface area contributed by atoms with Crippen LogP contribution >= 0.6 is 0 Å². The van der Waals surface area contributed by atoms with Gasteiger partial charge >= 0.3 is 0 Å². The maximum absolute atomic E-state index is 12.6. The predicted molar refractivity (Wildman–Crippen MR) is 78.9 cm³/mol. The van der Waals surface area contributed by atoms with Crippen molar-refractivity contribution in [2.45, 2.75) is 32.4 Å². The number of hydrogen-bond donors (Lipinski definition) is 0. The second-order valence-corrected chi connectivity index (χ2v) is 7.99. The normalized spacial score (nSPS) is 22.3. The zero-order valence-electron chi connectivity index (χ0n) is 12.0. The summed E-state index contributed by atoms with van der Waals surface area (Å²) in [4.78, 5) is 14.4. The molecule has 4 heteroatoms. The molecule has 0 aromatic heterocycles. The Kier molecular flexibility index (Phi) is 3.81. The molecule has 104 valence electrons. The number of amides is 1. The Bertz CT molecular complexity index is 537. The lowest BCUT2D eigenvalue weighted by Crippen LogP contribution is -2.52. The van der Waals surface area contributed by atoms with E-state index < -0.39 is 10.8 Å². The van der Waals surface area contributed by atoms with Crippen LogP contribution in [0.3, 0.4) is 0 Å². The molecule has 3 nitrogen and oxygen atoms in total. The number of nitrogens with zero attached hydrogens (tertiary/aromatic N) is 1. The molecule has 1 heterocycles. The van der Waals surface area contributed by atoms with Crippen molar-refractivity contribution in [3.63, 3.8) is 0 Å². The quantitative estimate of drug-likeness (QED) is 0.791. The van der Waals surface area contributed by atoms with Gasteiger partial charge in [0, 0.05) is 35.2 Å². The van der Waals surface area contributed by atoms with Gasteiger partial charge in [-0.15, -0.1) is 0 Å². The maximum Gasteiger partial charge on any atom is 0.254 e. The molecule has 0 aliphatic carbocycles. The van der Waals surface area contributed by atoms with Crippen LogP contribution < -0.4 is 0 Å². The Morgan fingerprint density at radius 1 is 1.32 bits per heavy atom. The van der Waals surface area contributed by atoms with Gasteiger partial charge in [-0.3, -0.25) is 9.00 Å². The molecule has 1 atom stereocenters. The van der Waals surface area contributed by atoms with Gasteiger partial charge in [0.2, 0.25) is 0 Å². The highest BCUT2D eigenvalue weighted by molar-refractivity contribution is 7.86. The van der Waals surface area contributed by atoms with Crippen LogP contribution in [0.2, 0.25) is 0 Å². The van der Waals surface area contributed by atoms with Crippen molar-refractivity contribution < 1.29 is 9.00 Å². The topological polar surface area (TPSA) is 37.4 Å². The molecule has 1 saturated heterocycles. The van der Waals surface area contributed by atoms with Crippen LogP contribution in [0.1, 0.15) is 35.3 Å². The number of carbonyl (C=O) groups is 1. The van der Waals surface area contributed by atoms with Crippen LogP contribution in [-0.4, -0.2) is 38.6 Å². The highest BCUT2D eigenvalue weighted by atomic mass is 32.2. The molecule has 0 bridgehead atoms. The first-order chi connectivity index (χ1) is 8.83. The highest BCUT2D eigenvalue weighted by Gasteiger charge is 2.35. The number of rotatable bonds is 1. The zero-order valence-corrected chi connectivity index (χ0v) is 12.8. The fraction of sp³-hybridized carbons (Fsp3) is 0.533. The van der Waals surface area contributed by atoms with Crippen LogP contribution in [0.25, 0.3) is 0 Å². The van der Waals surface area contributed by atoms with E-state index in [1.165, 1.54) is 0 Å². The lowest BCUT2D eigenvalue weighted by atomic mass is 10.0. The van der Waals surface area contributed by atoms with E-state index in [1.54, 1.807) is 0 Å². The summed E-state index contributed by atoms with van der Waals surface area (Å²) in [6, 6.07) is 5.81. The van der Waals surface area contributed by atoms with Gasteiger partial charge in [0.25, 0.3) is 5.91 Å². The van der Waals surface area contributed by atoms with Gasteiger partial charge in [-0.05, 0) is 44.9 Å². The van der Waals surface area contributed by atoms with Crippen LogP contribution in [0.5, 0.6) is 0 Å². The third kappa shape index (κ3) is 2.73. The van der Waals surface area contributed by atoms with Crippen molar-refractivity contribution in [1.29, 1.82) is 0 Å². The van der Waals surface area contributed by atoms with Gasteiger partial charge in [0.05, 0.1) is 4.75 Å². The van der Waals surface area contributed by atoms with Crippen LogP contribution in [0, 0.1) is 13.8 Å². The Hall–Kier alpha value is -1.16. The van der Waals surface area contributed by atoms with Gasteiger partial charge in [0.15, 0.2) is 0 Å². The summed E-state index contributed by atoms with van der Waals surface area (Å²) in [5.41, 5.74) is 2.94. The first-order valence-electron chi connectivity index (χ1n) is 6.57. The predicted octanol–water partition coefficient (Wildman–Crippen LogP) is 2.29. The first kappa shape index (κ1) is 14.3. The Morgan fingerprint density at radius 3 is 2.63 bits per heavy atom. The minimum atomic E-state index is -0.848. The van der Waals surface area contributed by atoms with Crippen molar-refractivity contribution in [1.82, 2.24) is 4.90 Å².